The summed E-state index contributed by atoms with van der Waals surface area (Å²) in [6.45, 7) is 0. The van der Waals surface area contributed by atoms with Crippen molar-refractivity contribution in [1.29, 1.82) is 5.26 Å². The van der Waals surface area contributed by atoms with Crippen molar-refractivity contribution < 1.29 is 13.2 Å². The van der Waals surface area contributed by atoms with Crippen LogP contribution in [-0.2, 0) is 6.18 Å². The van der Waals surface area contributed by atoms with E-state index in [4.69, 9.17) is 28.5 Å². The maximum absolute atomic E-state index is 13.3. The molecule has 2 heterocycles. The summed E-state index contributed by atoms with van der Waals surface area (Å²) in [5.41, 5.74) is -1.06. The average molecular weight is 357 g/mol. The van der Waals surface area contributed by atoms with Crippen molar-refractivity contribution in [3.8, 4) is 17.3 Å². The van der Waals surface area contributed by atoms with Gasteiger partial charge in [0.1, 0.15) is 11.6 Å². The number of nitriles is 1. The fourth-order valence-corrected chi connectivity index (χ4v) is 2.58. The van der Waals surface area contributed by atoms with Gasteiger partial charge in [-0.3, -0.25) is 0 Å². The molecule has 116 valence electrons. The Morgan fingerprint density at radius 1 is 1.17 bits per heavy atom. The molecule has 0 unspecified atom stereocenters. The number of halogens is 5. The molecule has 0 amide bonds. The van der Waals surface area contributed by atoms with Gasteiger partial charge in [-0.05, 0) is 24.3 Å². The van der Waals surface area contributed by atoms with Crippen molar-refractivity contribution in [3.05, 3.63) is 51.8 Å². The van der Waals surface area contributed by atoms with E-state index in [1.54, 1.807) is 6.07 Å². The summed E-state index contributed by atoms with van der Waals surface area (Å²) in [6.07, 6.45) is -3.64. The Morgan fingerprint density at radius 3 is 2.52 bits per heavy atom. The largest absolute Gasteiger partial charge is 0.433 e. The minimum absolute atomic E-state index is 0.0245. The molecule has 0 fully saturated rings. The van der Waals surface area contributed by atoms with Gasteiger partial charge in [-0.15, -0.1) is 0 Å². The molecule has 0 spiro atoms. The third kappa shape index (κ3) is 2.71. The highest BCUT2D eigenvalue weighted by molar-refractivity contribution is 6.36. The van der Waals surface area contributed by atoms with Crippen LogP contribution in [0.4, 0.5) is 13.2 Å². The van der Waals surface area contributed by atoms with Crippen molar-refractivity contribution in [3.63, 3.8) is 0 Å². The van der Waals surface area contributed by atoms with E-state index >= 15 is 0 Å². The van der Waals surface area contributed by atoms with E-state index < -0.39 is 11.9 Å². The lowest BCUT2D eigenvalue weighted by Crippen LogP contribution is -2.13. The fraction of sp³-hybridized carbons (Fsp3) is 0.0714. The average Bonchev–Trinajstić information content (AvgIpc) is 2.88. The van der Waals surface area contributed by atoms with Gasteiger partial charge < -0.3 is 0 Å². The van der Waals surface area contributed by atoms with Crippen LogP contribution in [-0.4, -0.2) is 14.6 Å². The third-order valence-corrected chi connectivity index (χ3v) is 3.64. The van der Waals surface area contributed by atoms with Gasteiger partial charge in [-0.25, -0.2) is 9.50 Å². The van der Waals surface area contributed by atoms with E-state index in [2.05, 4.69) is 10.1 Å². The van der Waals surface area contributed by atoms with Crippen LogP contribution >= 0.6 is 23.2 Å². The van der Waals surface area contributed by atoms with Gasteiger partial charge in [0.25, 0.3) is 0 Å². The Labute approximate surface area is 137 Å². The Hall–Kier alpha value is -2.30. The van der Waals surface area contributed by atoms with Crippen LogP contribution in [0, 0.1) is 11.3 Å². The van der Waals surface area contributed by atoms with Crippen LogP contribution in [0.1, 0.15) is 11.3 Å². The standard InChI is InChI=1S/C14H5Cl2F3N4/c15-8-1-2-9(10(16)3-8)11-4-12(14(17,18)19)23-13(22-11)7(5-20)6-21-23/h1-4,6H. The van der Waals surface area contributed by atoms with Crippen LogP contribution < -0.4 is 0 Å². The summed E-state index contributed by atoms with van der Waals surface area (Å²) >= 11 is 11.8. The van der Waals surface area contributed by atoms with E-state index in [0.717, 1.165) is 12.3 Å². The predicted molar refractivity (Wildman–Crippen MR) is 78.2 cm³/mol. The summed E-state index contributed by atoms with van der Waals surface area (Å²) in [7, 11) is 0. The molecular formula is C14H5Cl2F3N4. The van der Waals surface area contributed by atoms with E-state index in [1.165, 1.54) is 18.2 Å². The molecule has 0 radical (unpaired) electrons. The molecule has 0 saturated carbocycles. The molecule has 0 aliphatic rings. The molecule has 2 aromatic heterocycles. The monoisotopic (exact) mass is 356 g/mol. The number of aromatic nitrogens is 3. The first-order chi connectivity index (χ1) is 10.8. The number of rotatable bonds is 1. The maximum Gasteiger partial charge on any atom is 0.433 e. The molecule has 0 saturated heterocycles. The lowest BCUT2D eigenvalue weighted by molar-refractivity contribution is -0.142. The normalized spacial score (nSPS) is 11.7. The topological polar surface area (TPSA) is 54.0 Å². The van der Waals surface area contributed by atoms with Crippen molar-refractivity contribution in [2.75, 3.05) is 0 Å². The molecule has 1 aromatic carbocycles. The first-order valence-corrected chi connectivity index (χ1v) is 6.88. The SMILES string of the molecule is N#Cc1cnn2c(C(F)(F)F)cc(-c3ccc(Cl)cc3Cl)nc12. The van der Waals surface area contributed by atoms with Crippen LogP contribution in [0.3, 0.4) is 0 Å². The molecule has 4 nitrogen and oxygen atoms in total. The van der Waals surface area contributed by atoms with Gasteiger partial charge in [0.05, 0.1) is 16.9 Å². The van der Waals surface area contributed by atoms with Crippen molar-refractivity contribution in [2.45, 2.75) is 6.18 Å². The Balaban J connectivity index is 2.36. The fourth-order valence-electron chi connectivity index (χ4n) is 2.08. The quantitative estimate of drug-likeness (QED) is 0.640. The van der Waals surface area contributed by atoms with Gasteiger partial charge in [0.15, 0.2) is 11.3 Å². The zero-order chi connectivity index (χ0) is 16.8. The van der Waals surface area contributed by atoms with Crippen molar-refractivity contribution in [2.24, 2.45) is 0 Å². The third-order valence-electron chi connectivity index (χ3n) is 3.09. The van der Waals surface area contributed by atoms with Crippen LogP contribution in [0.15, 0.2) is 30.5 Å². The van der Waals surface area contributed by atoms with Crippen LogP contribution in [0.25, 0.3) is 16.9 Å². The zero-order valence-corrected chi connectivity index (χ0v) is 12.6. The Kier molecular flexibility index (Phi) is 3.66. The first kappa shape index (κ1) is 15.6. The molecule has 3 rings (SSSR count). The second kappa shape index (κ2) is 5.41. The van der Waals surface area contributed by atoms with E-state index in [9.17, 15) is 13.2 Å². The number of alkyl halides is 3. The predicted octanol–water partition coefficient (Wildman–Crippen LogP) is 4.59. The molecule has 0 atom stereocenters. The summed E-state index contributed by atoms with van der Waals surface area (Å²) in [5.74, 6) is 0. The van der Waals surface area contributed by atoms with E-state index in [0.29, 0.717) is 9.54 Å². The van der Waals surface area contributed by atoms with E-state index in [1.807, 2.05) is 0 Å². The molecule has 0 N–H and O–H groups in total. The molecule has 0 bridgehead atoms. The summed E-state index contributed by atoms with van der Waals surface area (Å²) in [4.78, 5) is 4.09. The summed E-state index contributed by atoms with van der Waals surface area (Å²) in [5, 5.41) is 13.1. The van der Waals surface area contributed by atoms with Gasteiger partial charge in [0.2, 0.25) is 0 Å². The van der Waals surface area contributed by atoms with Gasteiger partial charge in [-0.1, -0.05) is 23.2 Å². The van der Waals surface area contributed by atoms with Gasteiger partial charge in [-0.2, -0.15) is 23.5 Å². The van der Waals surface area contributed by atoms with E-state index in [-0.39, 0.29) is 27.5 Å². The zero-order valence-electron chi connectivity index (χ0n) is 11.1. The number of nitrogens with zero attached hydrogens (tertiary/aromatic N) is 4. The van der Waals surface area contributed by atoms with Crippen molar-refractivity contribution >= 4 is 28.8 Å². The lowest BCUT2D eigenvalue weighted by atomic mass is 10.1. The molecule has 9 heteroatoms. The highest BCUT2D eigenvalue weighted by atomic mass is 35.5. The highest BCUT2D eigenvalue weighted by Crippen LogP contribution is 2.35. The summed E-state index contributed by atoms with van der Waals surface area (Å²) < 4.78 is 40.4. The molecule has 0 aliphatic carbocycles. The Morgan fingerprint density at radius 2 is 1.91 bits per heavy atom. The first-order valence-electron chi connectivity index (χ1n) is 6.13. The number of hydrogen-bond acceptors (Lipinski definition) is 3. The van der Waals surface area contributed by atoms with Crippen LogP contribution in [0.2, 0.25) is 10.0 Å². The second-order valence-electron chi connectivity index (χ2n) is 4.55. The lowest BCUT2D eigenvalue weighted by Gasteiger charge is -2.12. The Bertz CT molecular complexity index is 957. The maximum atomic E-state index is 13.3. The van der Waals surface area contributed by atoms with Crippen LogP contribution in [0.5, 0.6) is 0 Å². The smallest absolute Gasteiger partial charge is 0.227 e. The minimum Gasteiger partial charge on any atom is -0.227 e. The molecule has 3 aromatic rings. The van der Waals surface area contributed by atoms with Gasteiger partial charge in [0, 0.05) is 10.6 Å². The van der Waals surface area contributed by atoms with Gasteiger partial charge >= 0.3 is 6.18 Å². The molecular weight excluding hydrogens is 352 g/mol. The van der Waals surface area contributed by atoms with Crippen molar-refractivity contribution in [1.82, 2.24) is 14.6 Å². The highest BCUT2D eigenvalue weighted by Gasteiger charge is 2.35. The summed E-state index contributed by atoms with van der Waals surface area (Å²) in [6, 6.07) is 6.95. The minimum atomic E-state index is -4.67. The second-order valence-corrected chi connectivity index (χ2v) is 5.40. The number of benzene rings is 1. The molecule has 23 heavy (non-hydrogen) atoms. The molecule has 0 aliphatic heterocycles. The number of fused-ring (bicyclic) bond motifs is 1. The number of hydrogen-bond donors (Lipinski definition) is 0.